The Hall–Kier alpha value is -1.50. The van der Waals surface area contributed by atoms with Gasteiger partial charge in [-0.3, -0.25) is 13.9 Å². The Balaban J connectivity index is 2.10. The van der Waals surface area contributed by atoms with Gasteiger partial charge in [0, 0.05) is 19.8 Å². The highest BCUT2D eigenvalue weighted by Gasteiger charge is 2.13. The van der Waals surface area contributed by atoms with Crippen molar-refractivity contribution in [3.05, 3.63) is 20.8 Å². The third-order valence-corrected chi connectivity index (χ3v) is 4.52. The monoisotopic (exact) mass is 310 g/mol. The zero-order valence-corrected chi connectivity index (χ0v) is 13.6. The molecule has 0 atom stereocenters. The van der Waals surface area contributed by atoms with Gasteiger partial charge >= 0.3 is 5.69 Å². The van der Waals surface area contributed by atoms with Crippen LogP contribution in [0.5, 0.6) is 0 Å². The van der Waals surface area contributed by atoms with Gasteiger partial charge in [0.2, 0.25) is 0 Å². The van der Waals surface area contributed by atoms with Gasteiger partial charge in [-0.2, -0.15) is 0 Å². The minimum Gasteiger partial charge on any atom is -0.327 e. The molecule has 0 amide bonds. The van der Waals surface area contributed by atoms with E-state index in [-0.39, 0.29) is 11.2 Å². The smallest absolute Gasteiger partial charge is 0.327 e. The Morgan fingerprint density at radius 3 is 2.52 bits per heavy atom. The Morgan fingerprint density at radius 2 is 1.81 bits per heavy atom. The van der Waals surface area contributed by atoms with Crippen molar-refractivity contribution in [2.75, 3.05) is 5.75 Å². The summed E-state index contributed by atoms with van der Waals surface area (Å²) < 4.78 is 2.50. The van der Waals surface area contributed by atoms with Gasteiger partial charge in [-0.15, -0.1) is 0 Å². The molecule has 7 heteroatoms. The Kier molecular flexibility index (Phi) is 5.27. The molecule has 0 aliphatic heterocycles. The number of aromatic nitrogens is 4. The maximum Gasteiger partial charge on any atom is 0.332 e. The summed E-state index contributed by atoms with van der Waals surface area (Å²) in [6, 6.07) is 0. The molecule has 2 aromatic heterocycles. The molecule has 2 aromatic rings. The van der Waals surface area contributed by atoms with E-state index in [0.717, 1.165) is 16.7 Å². The molecule has 2 rings (SSSR count). The van der Waals surface area contributed by atoms with E-state index in [9.17, 15) is 9.59 Å². The highest BCUT2D eigenvalue weighted by molar-refractivity contribution is 7.99. The van der Waals surface area contributed by atoms with Gasteiger partial charge in [0.25, 0.3) is 5.56 Å². The average Bonchev–Trinajstić information content (AvgIpc) is 2.91. The second kappa shape index (κ2) is 6.98. The molecule has 0 radical (unpaired) electrons. The van der Waals surface area contributed by atoms with E-state index in [1.54, 1.807) is 18.8 Å². The van der Waals surface area contributed by atoms with Crippen LogP contribution in [0.3, 0.4) is 0 Å². The van der Waals surface area contributed by atoms with Gasteiger partial charge in [0.15, 0.2) is 16.3 Å². The van der Waals surface area contributed by atoms with Gasteiger partial charge in [-0.05, 0) is 6.42 Å². The van der Waals surface area contributed by atoms with Crippen LogP contribution >= 0.6 is 11.8 Å². The number of aromatic amines is 1. The summed E-state index contributed by atoms with van der Waals surface area (Å²) in [5.74, 6) is 0.970. The lowest BCUT2D eigenvalue weighted by Gasteiger charge is -2.00. The number of H-pyrrole nitrogens is 1. The van der Waals surface area contributed by atoms with Crippen LogP contribution < -0.4 is 11.2 Å². The maximum atomic E-state index is 12.0. The minimum absolute atomic E-state index is 0.324. The Morgan fingerprint density at radius 1 is 1.10 bits per heavy atom. The predicted octanol–water partition coefficient (Wildman–Crippen LogP) is 2.02. The van der Waals surface area contributed by atoms with Crippen LogP contribution in [0, 0.1) is 0 Å². The SMILES string of the molecule is CCCCCCCSc1nc2c([nH]1)c(=O)n(C)c(=O)n2C. The number of imidazole rings is 1. The summed E-state index contributed by atoms with van der Waals surface area (Å²) in [5.41, 5.74) is 0.148. The van der Waals surface area contributed by atoms with Crippen LogP contribution in [0.25, 0.3) is 11.2 Å². The van der Waals surface area contributed by atoms with Crippen LogP contribution in [0.1, 0.15) is 39.0 Å². The van der Waals surface area contributed by atoms with Crippen molar-refractivity contribution >= 4 is 22.9 Å². The topological polar surface area (TPSA) is 72.7 Å². The fraction of sp³-hybridized carbons (Fsp3) is 0.643. The molecule has 0 aromatic carbocycles. The summed E-state index contributed by atoms with van der Waals surface area (Å²) in [7, 11) is 3.11. The molecule has 21 heavy (non-hydrogen) atoms. The third kappa shape index (κ3) is 3.40. The quantitative estimate of drug-likeness (QED) is 0.627. The van der Waals surface area contributed by atoms with E-state index < -0.39 is 0 Å². The standard InChI is InChI=1S/C14H22N4O2S/c1-4-5-6-7-8-9-21-13-15-10-11(16-13)17(2)14(20)18(3)12(10)19/h4-9H2,1-3H3,(H,15,16). The molecule has 0 unspecified atom stereocenters. The molecule has 0 saturated carbocycles. The molecule has 116 valence electrons. The maximum absolute atomic E-state index is 12.0. The number of unbranched alkanes of at least 4 members (excludes halogenated alkanes) is 4. The zero-order valence-electron chi connectivity index (χ0n) is 12.8. The minimum atomic E-state index is -0.352. The van der Waals surface area contributed by atoms with Crippen molar-refractivity contribution in [2.45, 2.75) is 44.2 Å². The number of hydrogen-bond donors (Lipinski definition) is 1. The molecule has 2 heterocycles. The lowest BCUT2D eigenvalue weighted by molar-refractivity contribution is 0.659. The summed E-state index contributed by atoms with van der Waals surface area (Å²) in [6.45, 7) is 2.20. The lowest BCUT2D eigenvalue weighted by atomic mass is 10.2. The fourth-order valence-corrected chi connectivity index (χ4v) is 3.11. The molecule has 0 spiro atoms. The highest BCUT2D eigenvalue weighted by atomic mass is 32.2. The molecule has 0 bridgehead atoms. The molecule has 0 saturated heterocycles. The molecule has 0 aliphatic rings. The summed E-state index contributed by atoms with van der Waals surface area (Å²) >= 11 is 1.60. The molecule has 1 N–H and O–H groups in total. The predicted molar refractivity (Wildman–Crippen MR) is 86.1 cm³/mol. The van der Waals surface area contributed by atoms with E-state index >= 15 is 0 Å². The third-order valence-electron chi connectivity index (χ3n) is 3.56. The highest BCUT2D eigenvalue weighted by Crippen LogP contribution is 2.18. The molecule has 6 nitrogen and oxygen atoms in total. The fourth-order valence-electron chi connectivity index (χ4n) is 2.25. The number of hydrogen-bond acceptors (Lipinski definition) is 4. The average molecular weight is 310 g/mol. The first-order chi connectivity index (χ1) is 10.1. The van der Waals surface area contributed by atoms with E-state index in [1.807, 2.05) is 0 Å². The molecular formula is C14H22N4O2S. The first-order valence-electron chi connectivity index (χ1n) is 7.34. The van der Waals surface area contributed by atoms with Crippen molar-refractivity contribution in [3.63, 3.8) is 0 Å². The Bertz CT molecular complexity index is 729. The second-order valence-electron chi connectivity index (χ2n) is 5.21. The zero-order chi connectivity index (χ0) is 15.4. The van der Waals surface area contributed by atoms with E-state index in [1.165, 1.54) is 37.3 Å². The van der Waals surface area contributed by atoms with E-state index in [4.69, 9.17) is 0 Å². The van der Waals surface area contributed by atoms with Crippen LogP contribution in [0.2, 0.25) is 0 Å². The van der Waals surface area contributed by atoms with E-state index in [2.05, 4.69) is 16.9 Å². The van der Waals surface area contributed by atoms with Crippen molar-refractivity contribution in [1.29, 1.82) is 0 Å². The van der Waals surface area contributed by atoms with Crippen molar-refractivity contribution in [1.82, 2.24) is 19.1 Å². The van der Waals surface area contributed by atoms with Crippen molar-refractivity contribution in [2.24, 2.45) is 14.1 Å². The van der Waals surface area contributed by atoms with Crippen LogP contribution in [-0.4, -0.2) is 24.9 Å². The molecular weight excluding hydrogens is 288 g/mol. The Labute approximate surface area is 127 Å². The number of rotatable bonds is 7. The summed E-state index contributed by atoms with van der Waals surface area (Å²) in [4.78, 5) is 31.3. The number of aryl methyl sites for hydroxylation is 1. The first kappa shape index (κ1) is 15.9. The number of nitrogens with zero attached hydrogens (tertiary/aromatic N) is 3. The van der Waals surface area contributed by atoms with Gasteiger partial charge in [0.05, 0.1) is 0 Å². The van der Waals surface area contributed by atoms with Crippen LogP contribution in [-0.2, 0) is 14.1 Å². The molecule has 0 aliphatic carbocycles. The lowest BCUT2D eigenvalue weighted by Crippen LogP contribution is -2.36. The number of thioether (sulfide) groups is 1. The van der Waals surface area contributed by atoms with Gasteiger partial charge in [0.1, 0.15) is 0 Å². The van der Waals surface area contributed by atoms with E-state index in [0.29, 0.717) is 16.3 Å². The van der Waals surface area contributed by atoms with Crippen molar-refractivity contribution < 1.29 is 0 Å². The largest absolute Gasteiger partial charge is 0.332 e. The molecule has 0 fully saturated rings. The first-order valence-corrected chi connectivity index (χ1v) is 8.33. The van der Waals surface area contributed by atoms with Crippen molar-refractivity contribution in [3.8, 4) is 0 Å². The van der Waals surface area contributed by atoms with Crippen LogP contribution in [0.15, 0.2) is 14.7 Å². The van der Waals surface area contributed by atoms with Gasteiger partial charge in [-0.25, -0.2) is 9.78 Å². The summed E-state index contributed by atoms with van der Waals surface area (Å²) in [5, 5.41) is 0.707. The van der Waals surface area contributed by atoms with Gasteiger partial charge < -0.3 is 4.98 Å². The number of fused-ring (bicyclic) bond motifs is 1. The summed E-state index contributed by atoms with van der Waals surface area (Å²) in [6.07, 6.45) is 6.16. The second-order valence-corrected chi connectivity index (χ2v) is 6.29. The van der Waals surface area contributed by atoms with Gasteiger partial charge in [-0.1, -0.05) is 44.4 Å². The van der Waals surface area contributed by atoms with Crippen LogP contribution in [0.4, 0.5) is 0 Å². The normalized spacial score (nSPS) is 11.4. The number of nitrogens with one attached hydrogen (secondary N) is 1.